The van der Waals surface area contributed by atoms with Crippen LogP contribution in [0.25, 0.3) is 0 Å². The number of hydrogen-bond acceptors (Lipinski definition) is 4. The van der Waals surface area contributed by atoms with Crippen molar-refractivity contribution in [3.8, 4) is 0 Å². The largest absolute Gasteiger partial charge is 0.395 e. The van der Waals surface area contributed by atoms with Gasteiger partial charge in [0.05, 0.1) is 6.61 Å². The first kappa shape index (κ1) is 7.84. The molecule has 0 bridgehead atoms. The zero-order valence-electron chi connectivity index (χ0n) is 4.85. The molecule has 0 aromatic heterocycles. The Bertz CT molecular complexity index is 36.3. The van der Waals surface area contributed by atoms with Gasteiger partial charge < -0.3 is 10.4 Å². The van der Waals surface area contributed by atoms with Crippen molar-refractivity contribution in [3.63, 3.8) is 0 Å². The lowest BCUT2D eigenvalue weighted by Gasteiger charge is -1.98. The second kappa shape index (κ2) is 6.84. The molecular weight excluding hydrogens is 106 g/mol. The fraction of sp³-hybridized carbons (Fsp3) is 1.00. The van der Waals surface area contributed by atoms with Crippen LogP contribution < -0.4 is 16.6 Å². The molecule has 4 nitrogen and oxygen atoms in total. The molecule has 0 saturated carbocycles. The molecular formula is C4H13N3O. The summed E-state index contributed by atoms with van der Waals surface area (Å²) in [6.07, 6.45) is 0. The number of aliphatic hydroxyl groups is 1. The smallest absolute Gasteiger partial charge is 0.0555 e. The Hall–Kier alpha value is -0.160. The summed E-state index contributed by atoms with van der Waals surface area (Å²) in [5.74, 6) is 4.96. The molecule has 0 fully saturated rings. The van der Waals surface area contributed by atoms with Crippen LogP contribution in [-0.2, 0) is 0 Å². The first-order chi connectivity index (χ1) is 3.91. The normalized spacial score (nSPS) is 9.75. The predicted octanol–water partition coefficient (Wildman–Crippen LogP) is -1.97. The Morgan fingerprint density at radius 2 is 2.00 bits per heavy atom. The van der Waals surface area contributed by atoms with Crippen LogP contribution >= 0.6 is 0 Å². The lowest BCUT2D eigenvalue weighted by atomic mass is 10.6. The van der Waals surface area contributed by atoms with Gasteiger partial charge in [-0.05, 0) is 0 Å². The summed E-state index contributed by atoms with van der Waals surface area (Å²) < 4.78 is 0. The van der Waals surface area contributed by atoms with Crippen molar-refractivity contribution < 1.29 is 5.11 Å². The van der Waals surface area contributed by atoms with Gasteiger partial charge in [0.25, 0.3) is 0 Å². The third kappa shape index (κ3) is 5.84. The number of hydrogen-bond donors (Lipinski definition) is 4. The van der Waals surface area contributed by atoms with E-state index in [2.05, 4.69) is 10.7 Å². The first-order valence-corrected chi connectivity index (χ1v) is 2.67. The molecule has 5 N–H and O–H groups in total. The van der Waals surface area contributed by atoms with E-state index in [-0.39, 0.29) is 6.61 Å². The van der Waals surface area contributed by atoms with Gasteiger partial charge in [0.15, 0.2) is 0 Å². The van der Waals surface area contributed by atoms with E-state index in [1.54, 1.807) is 0 Å². The van der Waals surface area contributed by atoms with Crippen LogP contribution in [0.2, 0.25) is 0 Å². The fourth-order valence-electron chi connectivity index (χ4n) is 0.365. The summed E-state index contributed by atoms with van der Waals surface area (Å²) in [7, 11) is 0. The Morgan fingerprint density at radius 1 is 1.25 bits per heavy atom. The minimum atomic E-state index is 0.185. The first-order valence-electron chi connectivity index (χ1n) is 2.67. The standard InChI is InChI=1S/C4H13N3O/c5-7-2-1-6-3-4-8/h6-8H,1-5H2. The topological polar surface area (TPSA) is 70.3 Å². The van der Waals surface area contributed by atoms with Gasteiger partial charge in [-0.3, -0.25) is 11.3 Å². The Kier molecular flexibility index (Phi) is 6.70. The number of nitrogens with two attached hydrogens (primary N) is 1. The molecule has 0 aliphatic rings. The van der Waals surface area contributed by atoms with Crippen LogP contribution in [0.5, 0.6) is 0 Å². The van der Waals surface area contributed by atoms with E-state index in [1.807, 2.05) is 0 Å². The highest BCUT2D eigenvalue weighted by Gasteiger charge is 1.80. The second-order valence-electron chi connectivity index (χ2n) is 1.43. The maximum Gasteiger partial charge on any atom is 0.0555 e. The summed E-state index contributed by atoms with van der Waals surface area (Å²) in [6.45, 7) is 2.36. The molecule has 4 heteroatoms. The molecule has 8 heavy (non-hydrogen) atoms. The van der Waals surface area contributed by atoms with E-state index in [4.69, 9.17) is 10.9 Å². The molecule has 0 rings (SSSR count). The molecule has 0 aromatic rings. The highest BCUT2D eigenvalue weighted by atomic mass is 16.3. The highest BCUT2D eigenvalue weighted by Crippen LogP contribution is 1.53. The summed E-state index contributed by atoms with van der Waals surface area (Å²) in [4.78, 5) is 0. The molecule has 0 saturated heterocycles. The van der Waals surface area contributed by atoms with Crippen LogP contribution in [0.1, 0.15) is 0 Å². The predicted molar refractivity (Wildman–Crippen MR) is 32.1 cm³/mol. The summed E-state index contributed by atoms with van der Waals surface area (Å²) in [5, 5.41) is 11.2. The summed E-state index contributed by atoms with van der Waals surface area (Å²) in [5.41, 5.74) is 2.48. The van der Waals surface area contributed by atoms with Gasteiger partial charge >= 0.3 is 0 Å². The molecule has 0 unspecified atom stereocenters. The Labute approximate surface area is 49.0 Å². The van der Waals surface area contributed by atoms with Crippen molar-refractivity contribution >= 4 is 0 Å². The van der Waals surface area contributed by atoms with Crippen molar-refractivity contribution in [2.75, 3.05) is 26.2 Å². The monoisotopic (exact) mass is 119 g/mol. The Balaban J connectivity index is 2.53. The van der Waals surface area contributed by atoms with E-state index in [1.165, 1.54) is 0 Å². The van der Waals surface area contributed by atoms with E-state index in [0.717, 1.165) is 13.1 Å². The number of nitrogens with one attached hydrogen (secondary N) is 2. The molecule has 0 spiro atoms. The van der Waals surface area contributed by atoms with E-state index in [0.29, 0.717) is 6.54 Å². The second-order valence-corrected chi connectivity index (χ2v) is 1.43. The minimum Gasteiger partial charge on any atom is -0.395 e. The zero-order valence-corrected chi connectivity index (χ0v) is 4.85. The molecule has 0 aliphatic heterocycles. The summed E-state index contributed by atoms with van der Waals surface area (Å²) in [6, 6.07) is 0. The quantitative estimate of drug-likeness (QED) is 0.192. The van der Waals surface area contributed by atoms with Crippen molar-refractivity contribution in [1.82, 2.24) is 10.7 Å². The maximum atomic E-state index is 8.25. The zero-order chi connectivity index (χ0) is 6.24. The van der Waals surface area contributed by atoms with Crippen LogP contribution in [-0.4, -0.2) is 31.3 Å². The molecule has 50 valence electrons. The number of rotatable bonds is 5. The van der Waals surface area contributed by atoms with Crippen LogP contribution in [0.3, 0.4) is 0 Å². The van der Waals surface area contributed by atoms with Gasteiger partial charge in [-0.2, -0.15) is 0 Å². The van der Waals surface area contributed by atoms with Crippen molar-refractivity contribution in [3.05, 3.63) is 0 Å². The molecule has 0 aromatic carbocycles. The number of aliphatic hydroxyl groups excluding tert-OH is 1. The van der Waals surface area contributed by atoms with Crippen molar-refractivity contribution in [2.45, 2.75) is 0 Å². The highest BCUT2D eigenvalue weighted by molar-refractivity contribution is 4.44. The van der Waals surface area contributed by atoms with Crippen molar-refractivity contribution in [2.24, 2.45) is 5.84 Å². The van der Waals surface area contributed by atoms with Gasteiger partial charge in [0.2, 0.25) is 0 Å². The minimum absolute atomic E-state index is 0.185. The fourth-order valence-corrected chi connectivity index (χ4v) is 0.365. The lowest BCUT2D eigenvalue weighted by molar-refractivity contribution is 0.292. The van der Waals surface area contributed by atoms with Crippen LogP contribution in [0.4, 0.5) is 0 Å². The Morgan fingerprint density at radius 3 is 2.50 bits per heavy atom. The van der Waals surface area contributed by atoms with Gasteiger partial charge in [-0.15, -0.1) is 0 Å². The van der Waals surface area contributed by atoms with Gasteiger partial charge in [-0.25, -0.2) is 0 Å². The SMILES string of the molecule is NNCCNCCO. The van der Waals surface area contributed by atoms with Gasteiger partial charge in [-0.1, -0.05) is 0 Å². The van der Waals surface area contributed by atoms with E-state index >= 15 is 0 Å². The summed E-state index contributed by atoms with van der Waals surface area (Å²) >= 11 is 0. The molecule has 0 radical (unpaired) electrons. The van der Waals surface area contributed by atoms with Gasteiger partial charge in [0.1, 0.15) is 0 Å². The van der Waals surface area contributed by atoms with Crippen LogP contribution in [0, 0.1) is 0 Å². The molecule has 0 atom stereocenters. The molecule has 0 amide bonds. The average molecular weight is 119 g/mol. The van der Waals surface area contributed by atoms with E-state index < -0.39 is 0 Å². The number of hydrazine groups is 1. The van der Waals surface area contributed by atoms with Crippen molar-refractivity contribution in [1.29, 1.82) is 0 Å². The van der Waals surface area contributed by atoms with Gasteiger partial charge in [0, 0.05) is 19.6 Å². The average Bonchev–Trinajstić information content (AvgIpc) is 1.81. The maximum absolute atomic E-state index is 8.25. The molecule has 0 aliphatic carbocycles. The van der Waals surface area contributed by atoms with E-state index in [9.17, 15) is 0 Å². The third-order valence-electron chi connectivity index (χ3n) is 0.735. The lowest BCUT2D eigenvalue weighted by Crippen LogP contribution is -2.32. The molecule has 0 heterocycles. The third-order valence-corrected chi connectivity index (χ3v) is 0.735. The van der Waals surface area contributed by atoms with Crippen LogP contribution in [0.15, 0.2) is 0 Å².